The lowest BCUT2D eigenvalue weighted by Gasteiger charge is -2.19. The highest BCUT2D eigenvalue weighted by atomic mass is 35.6. The van der Waals surface area contributed by atoms with Crippen LogP contribution in [0.15, 0.2) is 60.7 Å². The van der Waals surface area contributed by atoms with Crippen LogP contribution < -0.4 is 5.19 Å². The molecule has 16 heavy (non-hydrogen) atoms. The molecule has 0 N–H and O–H groups in total. The Hall–Kier alpha value is -1.05. The van der Waals surface area contributed by atoms with Gasteiger partial charge in [0.25, 0.3) is 0 Å². The molecular formula is C14H15ClSi. The van der Waals surface area contributed by atoms with Crippen LogP contribution in [0.4, 0.5) is 0 Å². The summed E-state index contributed by atoms with van der Waals surface area (Å²) in [4.78, 5) is 0. The van der Waals surface area contributed by atoms with Crippen molar-refractivity contribution < 1.29 is 0 Å². The van der Waals surface area contributed by atoms with E-state index in [1.54, 1.807) is 0 Å². The summed E-state index contributed by atoms with van der Waals surface area (Å²) >= 11 is 6.74. The van der Waals surface area contributed by atoms with Gasteiger partial charge >= 0.3 is 0 Å². The summed E-state index contributed by atoms with van der Waals surface area (Å²) in [5.41, 5.74) is 1.33. The highest BCUT2D eigenvalue weighted by Crippen LogP contribution is 2.16. The molecule has 0 nitrogen and oxygen atoms in total. The molecule has 0 saturated heterocycles. The molecule has 2 aromatic rings. The number of hydrogen-bond acceptors (Lipinski definition) is 0. The number of rotatable bonds is 3. The van der Waals surface area contributed by atoms with Gasteiger partial charge in [0.1, 0.15) is 0 Å². The van der Waals surface area contributed by atoms with Crippen molar-refractivity contribution in [1.29, 1.82) is 0 Å². The van der Waals surface area contributed by atoms with E-state index < -0.39 is 7.38 Å². The third kappa shape index (κ3) is 2.74. The fourth-order valence-corrected chi connectivity index (χ4v) is 4.80. The quantitative estimate of drug-likeness (QED) is 0.575. The Morgan fingerprint density at radius 2 is 1.38 bits per heavy atom. The Balaban J connectivity index is 2.21. The van der Waals surface area contributed by atoms with E-state index in [2.05, 4.69) is 55.1 Å². The van der Waals surface area contributed by atoms with Crippen molar-refractivity contribution in [3.63, 3.8) is 0 Å². The molecule has 0 fully saturated rings. The van der Waals surface area contributed by atoms with E-state index in [0.717, 1.165) is 6.04 Å². The van der Waals surface area contributed by atoms with Crippen molar-refractivity contribution >= 4 is 23.6 Å². The highest BCUT2D eigenvalue weighted by molar-refractivity contribution is 7.26. The molecule has 0 saturated carbocycles. The molecule has 0 radical (unpaired) electrons. The Morgan fingerprint density at radius 3 is 1.94 bits per heavy atom. The number of hydrogen-bond donors (Lipinski definition) is 0. The SMILES string of the molecule is C[Si](Cl)(Cc1ccccc1)c1ccccc1. The average Bonchev–Trinajstić information content (AvgIpc) is 2.31. The smallest absolute Gasteiger partial charge is 0.161 e. The average molecular weight is 247 g/mol. The Kier molecular flexibility index (Phi) is 3.47. The second kappa shape index (κ2) is 4.85. The van der Waals surface area contributed by atoms with E-state index >= 15 is 0 Å². The first-order valence-corrected chi connectivity index (χ1v) is 9.19. The summed E-state index contributed by atoms with van der Waals surface area (Å²) in [6.07, 6.45) is 0. The van der Waals surface area contributed by atoms with Crippen molar-refractivity contribution in [2.45, 2.75) is 12.6 Å². The molecule has 2 aromatic carbocycles. The van der Waals surface area contributed by atoms with Gasteiger partial charge < -0.3 is 0 Å². The zero-order valence-electron chi connectivity index (χ0n) is 9.36. The van der Waals surface area contributed by atoms with Gasteiger partial charge in [0.2, 0.25) is 0 Å². The standard InChI is InChI=1S/C14H15ClSi/c1-16(15,14-10-6-3-7-11-14)12-13-8-4-2-5-9-13/h2-11H,12H2,1H3. The van der Waals surface area contributed by atoms with Crippen LogP contribution in [-0.2, 0) is 6.04 Å². The van der Waals surface area contributed by atoms with Gasteiger partial charge in [0.15, 0.2) is 7.38 Å². The third-order valence-corrected chi connectivity index (χ3v) is 6.42. The van der Waals surface area contributed by atoms with Gasteiger partial charge in [-0.15, -0.1) is 0 Å². The summed E-state index contributed by atoms with van der Waals surface area (Å²) in [6, 6.07) is 21.9. The highest BCUT2D eigenvalue weighted by Gasteiger charge is 2.26. The van der Waals surface area contributed by atoms with Crippen LogP contribution in [0, 0.1) is 0 Å². The minimum Gasteiger partial charge on any atom is -0.161 e. The molecule has 0 amide bonds. The second-order valence-electron chi connectivity index (χ2n) is 4.23. The lowest BCUT2D eigenvalue weighted by atomic mass is 10.2. The zero-order chi connectivity index (χ0) is 11.4. The predicted octanol–water partition coefficient (Wildman–Crippen LogP) is 3.49. The van der Waals surface area contributed by atoms with Crippen LogP contribution in [0.25, 0.3) is 0 Å². The van der Waals surface area contributed by atoms with Crippen molar-refractivity contribution in [1.82, 2.24) is 0 Å². The first kappa shape index (κ1) is 11.4. The van der Waals surface area contributed by atoms with Crippen molar-refractivity contribution in [3.8, 4) is 0 Å². The second-order valence-corrected chi connectivity index (χ2v) is 10.1. The maximum absolute atomic E-state index is 6.74. The summed E-state index contributed by atoms with van der Waals surface area (Å²) < 4.78 is 0. The molecular weight excluding hydrogens is 232 g/mol. The first-order valence-electron chi connectivity index (χ1n) is 5.47. The van der Waals surface area contributed by atoms with E-state index in [1.807, 2.05) is 12.1 Å². The Bertz CT molecular complexity index is 437. The van der Waals surface area contributed by atoms with E-state index in [1.165, 1.54) is 10.8 Å². The van der Waals surface area contributed by atoms with Gasteiger partial charge in [-0.2, -0.15) is 11.1 Å². The van der Waals surface area contributed by atoms with Crippen LogP contribution >= 0.6 is 11.1 Å². The van der Waals surface area contributed by atoms with Gasteiger partial charge in [0, 0.05) is 0 Å². The van der Waals surface area contributed by atoms with Crippen LogP contribution in [0.5, 0.6) is 0 Å². The molecule has 0 aliphatic carbocycles. The van der Waals surface area contributed by atoms with E-state index in [-0.39, 0.29) is 0 Å². The summed E-state index contributed by atoms with van der Waals surface area (Å²) in [5, 5.41) is 1.31. The van der Waals surface area contributed by atoms with Gasteiger partial charge in [-0.3, -0.25) is 0 Å². The molecule has 2 rings (SSSR count). The minimum absolute atomic E-state index is 0.986. The maximum atomic E-state index is 6.74. The van der Waals surface area contributed by atoms with Crippen molar-refractivity contribution in [2.24, 2.45) is 0 Å². The van der Waals surface area contributed by atoms with Gasteiger partial charge in [-0.25, -0.2) is 0 Å². The van der Waals surface area contributed by atoms with E-state index in [9.17, 15) is 0 Å². The summed E-state index contributed by atoms with van der Waals surface area (Å²) in [5.74, 6) is 0. The zero-order valence-corrected chi connectivity index (χ0v) is 11.1. The lowest BCUT2D eigenvalue weighted by Crippen LogP contribution is -2.41. The van der Waals surface area contributed by atoms with E-state index in [0.29, 0.717) is 0 Å². The van der Waals surface area contributed by atoms with Crippen LogP contribution in [0.3, 0.4) is 0 Å². The summed E-state index contributed by atoms with van der Waals surface area (Å²) in [7, 11) is -1.85. The molecule has 1 atom stereocenters. The molecule has 1 unspecified atom stereocenters. The normalized spacial score (nSPS) is 14.4. The molecule has 0 aliphatic heterocycles. The fourth-order valence-electron chi connectivity index (χ4n) is 1.87. The maximum Gasteiger partial charge on any atom is 0.188 e. The van der Waals surface area contributed by atoms with E-state index in [4.69, 9.17) is 11.1 Å². The first-order chi connectivity index (χ1) is 7.68. The Morgan fingerprint density at radius 1 is 0.875 bits per heavy atom. The monoisotopic (exact) mass is 246 g/mol. The number of halogens is 1. The summed E-state index contributed by atoms with van der Waals surface area (Å²) in [6.45, 7) is 2.21. The molecule has 0 heterocycles. The van der Waals surface area contributed by atoms with Gasteiger partial charge in [-0.05, 0) is 16.8 Å². The predicted molar refractivity (Wildman–Crippen MR) is 73.7 cm³/mol. The van der Waals surface area contributed by atoms with Gasteiger partial charge in [-0.1, -0.05) is 67.2 Å². The molecule has 82 valence electrons. The minimum atomic E-state index is -1.85. The fraction of sp³-hybridized carbons (Fsp3) is 0.143. The van der Waals surface area contributed by atoms with Crippen LogP contribution in [0.2, 0.25) is 6.55 Å². The van der Waals surface area contributed by atoms with Gasteiger partial charge in [0.05, 0.1) is 0 Å². The third-order valence-electron chi connectivity index (χ3n) is 2.75. The molecule has 2 heteroatoms. The topological polar surface area (TPSA) is 0 Å². The molecule has 0 bridgehead atoms. The van der Waals surface area contributed by atoms with Crippen molar-refractivity contribution in [3.05, 3.63) is 66.2 Å². The Labute approximate surface area is 103 Å². The largest absolute Gasteiger partial charge is 0.188 e. The molecule has 0 aromatic heterocycles. The van der Waals surface area contributed by atoms with Crippen LogP contribution in [0.1, 0.15) is 5.56 Å². The molecule has 0 aliphatic rings. The molecule has 0 spiro atoms. The van der Waals surface area contributed by atoms with Crippen LogP contribution in [-0.4, -0.2) is 7.38 Å². The number of benzene rings is 2. The lowest BCUT2D eigenvalue weighted by molar-refractivity contribution is 1.35. The van der Waals surface area contributed by atoms with Crippen molar-refractivity contribution in [2.75, 3.05) is 0 Å².